The first-order chi connectivity index (χ1) is 28.2. The van der Waals surface area contributed by atoms with Crippen molar-refractivity contribution in [3.63, 3.8) is 0 Å². The van der Waals surface area contributed by atoms with Crippen molar-refractivity contribution < 1.29 is 41.6 Å². The summed E-state index contributed by atoms with van der Waals surface area (Å²) in [7, 11) is 0. The monoisotopic (exact) mass is 848 g/mol. The molecule has 0 atom stereocenters. The van der Waals surface area contributed by atoms with Crippen LogP contribution in [0.2, 0.25) is 0 Å². The Balaban J connectivity index is 0.000000215. The first kappa shape index (κ1) is 44.0. The van der Waals surface area contributed by atoms with Gasteiger partial charge in [0.15, 0.2) is 17.4 Å². The molecule has 2 aromatic carbocycles. The number of ketones is 1. The third-order valence-electron chi connectivity index (χ3n) is 8.60. The van der Waals surface area contributed by atoms with Crippen molar-refractivity contribution >= 4 is 45.7 Å². The van der Waals surface area contributed by atoms with Gasteiger partial charge in [-0.15, -0.1) is 12.4 Å². The van der Waals surface area contributed by atoms with Gasteiger partial charge in [-0.05, 0) is 67.6 Å². The smallest absolute Gasteiger partial charge is 0.411 e. The number of carbonyl (C=O) groups is 1. The number of fused-ring (bicyclic) bond motifs is 2. The molecule has 60 heavy (non-hydrogen) atoms. The average Bonchev–Trinajstić information content (AvgIpc) is 3.88. The van der Waals surface area contributed by atoms with Gasteiger partial charge in [0.05, 0.1) is 40.5 Å². The standard InChI is InChI=1S/C20H14F3N5O.C20H13F3N4O.ClH.H3NO/c1-12(27-29)15-4-2-5-16(25-15)13-8-9-14-11-24-28(17(14)10-13)19-7-3-6-18(26-19)20(21,22)23;1-12(28)15-4-2-5-16(25-15)13-8-9-14-11-24-27(17(14)10-13)19-7-3-6-18(26-19)20(21,22)23;;1-2/h2-11,29H,1H3;2-11H,1H3;1H;2H,1H2/b27-12+;;;. The van der Waals surface area contributed by atoms with Crippen molar-refractivity contribution in [2.24, 2.45) is 11.1 Å². The highest BCUT2D eigenvalue weighted by Gasteiger charge is 2.33. The predicted molar refractivity (Wildman–Crippen MR) is 211 cm³/mol. The maximum Gasteiger partial charge on any atom is 0.433 e. The number of nitrogens with zero attached hydrogens (tertiary/aromatic N) is 9. The third-order valence-corrected chi connectivity index (χ3v) is 8.60. The van der Waals surface area contributed by atoms with Crippen LogP contribution in [0.5, 0.6) is 0 Å². The molecule has 0 radical (unpaired) electrons. The molecule has 0 spiro atoms. The molecule has 0 bridgehead atoms. The average molecular weight is 849 g/mol. The molecule has 4 N–H and O–H groups in total. The highest BCUT2D eigenvalue weighted by molar-refractivity contribution is 5.97. The van der Waals surface area contributed by atoms with Crippen LogP contribution >= 0.6 is 12.4 Å². The summed E-state index contributed by atoms with van der Waals surface area (Å²) in [6.07, 6.45) is -5.96. The summed E-state index contributed by atoms with van der Waals surface area (Å²) in [4.78, 5) is 27.8. The molecule has 308 valence electrons. The number of carbonyl (C=O) groups excluding carboxylic acids is 1. The van der Waals surface area contributed by atoms with E-state index in [2.05, 4.69) is 41.2 Å². The largest absolute Gasteiger partial charge is 0.433 e. The number of aromatic nitrogens is 8. The molecule has 0 aliphatic rings. The van der Waals surface area contributed by atoms with E-state index in [1.807, 2.05) is 18.2 Å². The molecule has 20 heteroatoms. The van der Waals surface area contributed by atoms with E-state index in [1.165, 1.54) is 40.6 Å². The van der Waals surface area contributed by atoms with Gasteiger partial charge in [0.25, 0.3) is 0 Å². The fraction of sp³-hybridized carbons (Fsp3) is 0.100. The Morgan fingerprint density at radius 3 is 1.43 bits per heavy atom. The Bertz CT molecular complexity index is 2820. The fourth-order valence-corrected chi connectivity index (χ4v) is 5.76. The Morgan fingerprint density at radius 2 is 1.02 bits per heavy atom. The van der Waals surface area contributed by atoms with Crippen LogP contribution in [0.25, 0.3) is 56.0 Å². The zero-order valence-corrected chi connectivity index (χ0v) is 31.9. The van der Waals surface area contributed by atoms with Crippen molar-refractivity contribution in [3.8, 4) is 34.2 Å². The first-order valence-corrected chi connectivity index (χ1v) is 17.1. The minimum Gasteiger partial charge on any atom is -0.411 e. The lowest BCUT2D eigenvalue weighted by atomic mass is 10.1. The summed E-state index contributed by atoms with van der Waals surface area (Å²) in [6.45, 7) is 3.06. The molecule has 6 aromatic heterocycles. The van der Waals surface area contributed by atoms with Gasteiger partial charge in [-0.1, -0.05) is 53.7 Å². The molecule has 0 amide bonds. The number of oxime groups is 1. The minimum absolute atomic E-state index is 0. The third kappa shape index (κ3) is 9.60. The molecule has 6 heterocycles. The number of halogens is 7. The summed E-state index contributed by atoms with van der Waals surface area (Å²) in [5, 5.41) is 28.5. The van der Waals surface area contributed by atoms with Gasteiger partial charge in [-0.3, -0.25) is 4.79 Å². The number of hydrogen-bond donors (Lipinski definition) is 3. The molecule has 0 unspecified atom stereocenters. The van der Waals surface area contributed by atoms with E-state index < -0.39 is 23.7 Å². The molecule has 0 aliphatic carbocycles. The topological polar surface area (TPSA) is 183 Å². The lowest BCUT2D eigenvalue weighted by Crippen LogP contribution is -2.10. The number of pyridine rings is 4. The zero-order valence-electron chi connectivity index (χ0n) is 31.1. The van der Waals surface area contributed by atoms with Crippen LogP contribution < -0.4 is 5.90 Å². The number of hydrogen-bond acceptors (Lipinski definition) is 11. The van der Waals surface area contributed by atoms with Crippen LogP contribution in [0.1, 0.15) is 41.4 Å². The lowest BCUT2D eigenvalue weighted by molar-refractivity contribution is -0.141. The Morgan fingerprint density at radius 1 is 0.600 bits per heavy atom. The summed E-state index contributed by atoms with van der Waals surface area (Å²) in [6, 6.07) is 28.6. The van der Waals surface area contributed by atoms with Crippen LogP contribution in [0.3, 0.4) is 0 Å². The summed E-state index contributed by atoms with van der Waals surface area (Å²) in [5.74, 6) is 3.48. The second-order valence-electron chi connectivity index (χ2n) is 12.5. The highest BCUT2D eigenvalue weighted by Crippen LogP contribution is 2.31. The van der Waals surface area contributed by atoms with Crippen molar-refractivity contribution in [3.05, 3.63) is 144 Å². The zero-order chi connectivity index (χ0) is 42.5. The van der Waals surface area contributed by atoms with Gasteiger partial charge < -0.3 is 10.4 Å². The fourth-order valence-electron chi connectivity index (χ4n) is 5.76. The minimum atomic E-state index is -4.54. The van der Waals surface area contributed by atoms with Crippen molar-refractivity contribution in [2.45, 2.75) is 26.2 Å². The molecule has 0 fully saturated rings. The lowest BCUT2D eigenvalue weighted by Gasteiger charge is -2.09. The van der Waals surface area contributed by atoms with Gasteiger partial charge in [-0.25, -0.2) is 35.2 Å². The van der Waals surface area contributed by atoms with E-state index in [4.69, 9.17) is 10.4 Å². The van der Waals surface area contributed by atoms with Gasteiger partial charge in [0, 0.05) is 28.8 Å². The molecular formula is C40H31ClF6N10O3. The molecule has 0 saturated carbocycles. The number of alkyl halides is 6. The molecule has 8 rings (SSSR count). The summed E-state index contributed by atoms with van der Waals surface area (Å²) < 4.78 is 80.7. The van der Waals surface area contributed by atoms with Crippen LogP contribution in [0, 0.1) is 0 Å². The second-order valence-corrected chi connectivity index (χ2v) is 12.5. The SMILES string of the molecule is C/C(=N\O)c1cccc(-c2ccc3cnn(-c4cccc(C(F)(F)F)n4)c3c2)n1.CC(=O)c1cccc(-c2ccc3cnn(-c4cccc(C(F)(F)F)n4)c3c2)n1.Cl.NO. The molecular weight excluding hydrogens is 818 g/mol. The summed E-state index contributed by atoms with van der Waals surface area (Å²) >= 11 is 0. The van der Waals surface area contributed by atoms with Gasteiger partial charge in [-0.2, -0.15) is 36.5 Å². The molecule has 13 nitrogen and oxygen atoms in total. The van der Waals surface area contributed by atoms with Crippen LogP contribution in [0.15, 0.2) is 127 Å². The molecule has 0 saturated heterocycles. The first-order valence-electron chi connectivity index (χ1n) is 17.1. The number of nitrogens with two attached hydrogens (primary N) is 1. The van der Waals surface area contributed by atoms with E-state index in [1.54, 1.807) is 73.9 Å². The number of rotatable bonds is 6. The molecule has 0 aliphatic heterocycles. The van der Waals surface area contributed by atoms with Gasteiger partial charge in [0.2, 0.25) is 0 Å². The van der Waals surface area contributed by atoms with Crippen LogP contribution in [-0.2, 0) is 12.4 Å². The Kier molecular flexibility index (Phi) is 13.4. The van der Waals surface area contributed by atoms with E-state index in [0.29, 0.717) is 45.1 Å². The van der Waals surface area contributed by atoms with Crippen LogP contribution in [-0.4, -0.2) is 61.4 Å². The van der Waals surface area contributed by atoms with E-state index in [0.717, 1.165) is 28.5 Å². The van der Waals surface area contributed by atoms with Crippen molar-refractivity contribution in [2.75, 3.05) is 0 Å². The maximum absolute atomic E-state index is 13.0. The van der Waals surface area contributed by atoms with Gasteiger partial charge in [0.1, 0.15) is 22.8 Å². The summed E-state index contributed by atoms with van der Waals surface area (Å²) in [5.41, 5.74) is 3.08. The normalized spacial score (nSPS) is 11.6. The van der Waals surface area contributed by atoms with E-state index >= 15 is 0 Å². The highest BCUT2D eigenvalue weighted by atomic mass is 35.5. The maximum atomic E-state index is 13.0. The quantitative estimate of drug-likeness (QED) is 0.0480. The molecule has 8 aromatic rings. The second kappa shape index (κ2) is 18.2. The van der Waals surface area contributed by atoms with Crippen LogP contribution in [0.4, 0.5) is 26.3 Å². The van der Waals surface area contributed by atoms with Gasteiger partial charge >= 0.3 is 12.4 Å². The predicted octanol–water partition coefficient (Wildman–Crippen LogP) is 9.16. The Hall–Kier alpha value is -7.09. The van der Waals surface area contributed by atoms with Crippen molar-refractivity contribution in [1.29, 1.82) is 0 Å². The van der Waals surface area contributed by atoms with E-state index in [9.17, 15) is 31.1 Å². The number of benzene rings is 2. The number of Topliss-reactive ketones (excluding diaryl/α,β-unsaturated/α-hetero) is 1. The Labute approximate surface area is 341 Å². The van der Waals surface area contributed by atoms with E-state index in [-0.39, 0.29) is 29.8 Å². The van der Waals surface area contributed by atoms with Crippen molar-refractivity contribution in [1.82, 2.24) is 39.5 Å².